The Morgan fingerprint density at radius 3 is 2.67 bits per heavy atom. The van der Waals surface area contributed by atoms with Crippen molar-refractivity contribution in [2.75, 3.05) is 0 Å². The molecule has 0 aliphatic rings. The first-order chi connectivity index (χ1) is 14.7. The maximum atomic E-state index is 13.7. The zero-order valence-corrected chi connectivity index (χ0v) is 14.7. The smallest absolute Gasteiger partial charge is 0.170 e. The van der Waals surface area contributed by atoms with Crippen LogP contribution in [0.5, 0.6) is 0 Å². The molecule has 5 nitrogen and oxygen atoms in total. The van der Waals surface area contributed by atoms with Crippen molar-refractivity contribution in [2.45, 2.75) is 13.3 Å². The quantitative estimate of drug-likeness (QED) is 0.515. The predicted octanol–water partition coefficient (Wildman–Crippen LogP) is 3.90. The number of carbonyl (C=O) groups is 1. The molecule has 27 heavy (non-hydrogen) atoms. The molecule has 0 spiro atoms. The van der Waals surface area contributed by atoms with E-state index in [0.717, 1.165) is 22.5 Å². The largest absolute Gasteiger partial charge is 0.331 e. The van der Waals surface area contributed by atoms with Gasteiger partial charge in [0, 0.05) is 29.8 Å². The van der Waals surface area contributed by atoms with Crippen molar-refractivity contribution in [3.05, 3.63) is 77.8 Å². The van der Waals surface area contributed by atoms with Crippen LogP contribution in [0.25, 0.3) is 22.2 Å². The Morgan fingerprint density at radius 1 is 1.19 bits per heavy atom. The average molecular weight is 364 g/mol. The van der Waals surface area contributed by atoms with Gasteiger partial charge in [0.2, 0.25) is 0 Å². The van der Waals surface area contributed by atoms with Gasteiger partial charge < -0.3 is 4.57 Å². The highest BCUT2D eigenvalue weighted by molar-refractivity contribution is 5.97. The van der Waals surface area contributed by atoms with Gasteiger partial charge in [-0.25, -0.2) is 19.3 Å². The van der Waals surface area contributed by atoms with Gasteiger partial charge >= 0.3 is 0 Å². The third-order valence-electron chi connectivity index (χ3n) is 4.34. The number of halogens is 1. The molecule has 0 unspecified atom stereocenters. The first-order valence-corrected chi connectivity index (χ1v) is 8.22. The molecule has 2 heterocycles. The van der Waals surface area contributed by atoms with Gasteiger partial charge in [-0.2, -0.15) is 0 Å². The van der Waals surface area contributed by atoms with E-state index in [-0.39, 0.29) is 12.2 Å². The van der Waals surface area contributed by atoms with E-state index in [2.05, 4.69) is 15.0 Å². The Balaban J connectivity index is 1.71. The molecule has 0 atom stereocenters. The van der Waals surface area contributed by atoms with Gasteiger partial charge in [-0.15, -0.1) is 0 Å². The Bertz CT molecular complexity index is 1340. The molecule has 0 fully saturated rings. The molecule has 0 saturated carbocycles. The molecule has 2 aromatic carbocycles. The Kier molecular flexibility index (Phi) is 3.20. The number of aryl methyl sites for hydroxylation is 1. The minimum Gasteiger partial charge on any atom is -0.331 e. The van der Waals surface area contributed by atoms with Gasteiger partial charge in [-0.3, -0.25) is 4.79 Å². The van der Waals surface area contributed by atoms with Crippen molar-refractivity contribution < 1.29 is 14.7 Å². The van der Waals surface area contributed by atoms with Crippen LogP contribution >= 0.6 is 0 Å². The molecule has 4 aromatic rings. The van der Waals surface area contributed by atoms with Crippen molar-refractivity contribution in [3.63, 3.8) is 0 Å². The van der Waals surface area contributed by atoms with E-state index in [0.29, 0.717) is 5.52 Å². The summed E-state index contributed by atoms with van der Waals surface area (Å²) in [5.74, 6) is -0.971. The molecule has 0 amide bonds. The van der Waals surface area contributed by atoms with Crippen molar-refractivity contribution in [3.8, 4) is 11.3 Å². The topological polar surface area (TPSA) is 60.7 Å². The summed E-state index contributed by atoms with van der Waals surface area (Å²) in [5, 5.41) is 0.768. The molecule has 0 saturated heterocycles. The molecule has 0 bridgehead atoms. The van der Waals surface area contributed by atoms with Crippen molar-refractivity contribution in [1.82, 2.24) is 19.5 Å². The maximum absolute atomic E-state index is 13.7. The van der Waals surface area contributed by atoms with E-state index < -0.39 is 41.3 Å². The van der Waals surface area contributed by atoms with Gasteiger partial charge in [0.1, 0.15) is 17.5 Å². The molecular formula is C21H17FN4O. The predicted molar refractivity (Wildman–Crippen MR) is 101 cm³/mol. The number of aromatic nitrogens is 4. The van der Waals surface area contributed by atoms with E-state index in [1.807, 2.05) is 36.7 Å². The monoisotopic (exact) mass is 364 g/mol. The van der Waals surface area contributed by atoms with Crippen LogP contribution in [-0.4, -0.2) is 25.3 Å². The fourth-order valence-electron chi connectivity index (χ4n) is 2.75. The summed E-state index contributed by atoms with van der Waals surface area (Å²) >= 11 is 0. The molecule has 2 aromatic heterocycles. The van der Waals surface area contributed by atoms with Crippen LogP contribution in [0.2, 0.25) is 0 Å². The molecule has 0 aliphatic heterocycles. The third-order valence-corrected chi connectivity index (χ3v) is 4.34. The van der Waals surface area contributed by atoms with Gasteiger partial charge in [0.05, 0.1) is 29.3 Å². The third kappa shape index (κ3) is 3.33. The fraction of sp³-hybridized carbons (Fsp3) is 0.143. The zero-order chi connectivity index (χ0) is 22.4. The van der Waals surface area contributed by atoms with Crippen LogP contribution in [0.1, 0.15) is 27.5 Å². The summed E-state index contributed by atoms with van der Waals surface area (Å²) in [5.41, 5.74) is 1.93. The van der Waals surface area contributed by atoms with Crippen LogP contribution in [0.15, 0.2) is 54.8 Å². The van der Waals surface area contributed by atoms with E-state index in [1.165, 1.54) is 0 Å². The average Bonchev–Trinajstić information content (AvgIpc) is 3.09. The highest BCUT2D eigenvalue weighted by atomic mass is 19.1. The molecular weight excluding hydrogens is 343 g/mol. The first kappa shape index (κ1) is 12.9. The lowest BCUT2D eigenvalue weighted by molar-refractivity contribution is 0.0991. The van der Waals surface area contributed by atoms with Gasteiger partial charge in [-0.1, -0.05) is 12.1 Å². The second-order valence-electron chi connectivity index (χ2n) is 6.10. The number of benzene rings is 2. The number of hydrogen-bond acceptors (Lipinski definition) is 4. The summed E-state index contributed by atoms with van der Waals surface area (Å²) in [6, 6.07) is 2.47. The van der Waals surface area contributed by atoms with Crippen molar-refractivity contribution in [2.24, 2.45) is 7.05 Å². The highest BCUT2D eigenvalue weighted by Gasteiger charge is 2.11. The SMILES string of the molecule is [2H]c1c([2H])c(C(=O)Cc2ncc3ccc(-c4cnc(C)n4C)cc3n2)c([2H])c([2H])c1F. The molecule has 0 aliphatic carbocycles. The molecule has 6 heteroatoms. The maximum Gasteiger partial charge on any atom is 0.170 e. The zero-order valence-electron chi connectivity index (χ0n) is 18.7. The summed E-state index contributed by atoms with van der Waals surface area (Å²) in [4.78, 5) is 25.6. The number of fused-ring (bicyclic) bond motifs is 1. The number of carbonyl (C=O) groups excluding carboxylic acids is 1. The number of imidazole rings is 1. The fourth-order valence-corrected chi connectivity index (χ4v) is 2.75. The molecule has 4 rings (SSSR count). The second kappa shape index (κ2) is 6.72. The minimum absolute atomic E-state index is 0.164. The Morgan fingerprint density at radius 2 is 1.96 bits per heavy atom. The second-order valence-corrected chi connectivity index (χ2v) is 6.10. The molecule has 134 valence electrons. The summed E-state index contributed by atoms with van der Waals surface area (Å²) in [6.45, 7) is 1.90. The van der Waals surface area contributed by atoms with Crippen LogP contribution in [0, 0.1) is 12.7 Å². The number of ketones is 1. The number of hydrogen-bond donors (Lipinski definition) is 0. The Labute approximate surface area is 161 Å². The van der Waals surface area contributed by atoms with E-state index in [1.54, 1.807) is 12.4 Å². The minimum atomic E-state index is -1.29. The van der Waals surface area contributed by atoms with Gasteiger partial charge in [0.15, 0.2) is 5.78 Å². The lowest BCUT2D eigenvalue weighted by Gasteiger charge is -2.06. The summed E-state index contributed by atoms with van der Waals surface area (Å²) in [7, 11) is 1.91. The summed E-state index contributed by atoms with van der Waals surface area (Å²) < 4.78 is 46.5. The molecule has 0 N–H and O–H groups in total. The van der Waals surface area contributed by atoms with Gasteiger partial charge in [0.25, 0.3) is 0 Å². The van der Waals surface area contributed by atoms with Crippen LogP contribution in [-0.2, 0) is 13.5 Å². The lowest BCUT2D eigenvalue weighted by atomic mass is 10.1. The Hall–Kier alpha value is -3.41. The van der Waals surface area contributed by atoms with E-state index in [9.17, 15) is 9.18 Å². The van der Waals surface area contributed by atoms with E-state index >= 15 is 0 Å². The van der Waals surface area contributed by atoms with Crippen LogP contribution in [0.4, 0.5) is 4.39 Å². The van der Waals surface area contributed by atoms with Gasteiger partial charge in [-0.05, 0) is 37.2 Å². The van der Waals surface area contributed by atoms with Crippen LogP contribution in [0.3, 0.4) is 0 Å². The highest BCUT2D eigenvalue weighted by Crippen LogP contribution is 2.23. The number of rotatable bonds is 4. The van der Waals surface area contributed by atoms with Crippen molar-refractivity contribution in [1.29, 1.82) is 0 Å². The number of nitrogens with zero attached hydrogens (tertiary/aromatic N) is 4. The summed E-state index contributed by atoms with van der Waals surface area (Å²) in [6.07, 6.45) is 3.00. The first-order valence-electron chi connectivity index (χ1n) is 10.2. The van der Waals surface area contributed by atoms with Crippen LogP contribution < -0.4 is 0 Å². The molecule has 0 radical (unpaired) electrons. The number of Topliss-reactive ketones (excluding diaryl/α,β-unsaturated/α-hetero) is 1. The lowest BCUT2D eigenvalue weighted by Crippen LogP contribution is -2.07. The van der Waals surface area contributed by atoms with E-state index in [4.69, 9.17) is 5.48 Å². The van der Waals surface area contributed by atoms with Crippen molar-refractivity contribution >= 4 is 16.7 Å². The standard InChI is InChI=1S/C21H17FN4O/c1-13-23-12-19(26(13)2)15-3-4-16-11-24-21(25-18(16)9-15)10-20(27)14-5-7-17(22)8-6-14/h3-9,11-12H,10H2,1-2H3/i5D,6D,7D,8D. The normalized spacial score (nSPS) is 13.1.